The molecule has 0 spiro atoms. The highest BCUT2D eigenvalue weighted by molar-refractivity contribution is 7.90. The Morgan fingerprint density at radius 3 is 2.28 bits per heavy atom. The summed E-state index contributed by atoms with van der Waals surface area (Å²) in [6.07, 6.45) is -0.130. The summed E-state index contributed by atoms with van der Waals surface area (Å²) in [6.45, 7) is 1.66. The summed E-state index contributed by atoms with van der Waals surface area (Å²) >= 11 is 0. The summed E-state index contributed by atoms with van der Waals surface area (Å²) in [7, 11) is -3.28. The first-order chi connectivity index (χ1) is 11.8. The van der Waals surface area contributed by atoms with Gasteiger partial charge in [-0.25, -0.2) is 22.2 Å². The van der Waals surface area contributed by atoms with Gasteiger partial charge >= 0.3 is 0 Å². The Morgan fingerprint density at radius 1 is 1.04 bits per heavy atom. The molecule has 0 N–H and O–H groups in total. The maximum atomic E-state index is 12.8. The van der Waals surface area contributed by atoms with E-state index in [1.807, 2.05) is 18.2 Å². The molecule has 0 amide bonds. The highest BCUT2D eigenvalue weighted by atomic mass is 32.2. The second-order valence-electron chi connectivity index (χ2n) is 5.73. The van der Waals surface area contributed by atoms with Crippen molar-refractivity contribution in [1.82, 2.24) is 9.55 Å². The molecule has 0 fully saturated rings. The van der Waals surface area contributed by atoms with Crippen LogP contribution in [0.5, 0.6) is 0 Å². The highest BCUT2D eigenvalue weighted by Crippen LogP contribution is 2.25. The molecule has 0 aliphatic rings. The number of benzene rings is 2. The van der Waals surface area contributed by atoms with E-state index in [0.29, 0.717) is 11.5 Å². The van der Waals surface area contributed by atoms with Crippen LogP contribution >= 0.6 is 0 Å². The fourth-order valence-corrected chi connectivity index (χ4v) is 3.25. The predicted octanol–water partition coefficient (Wildman–Crippen LogP) is 4.19. The first-order valence-corrected chi connectivity index (χ1v) is 9.40. The van der Waals surface area contributed by atoms with Gasteiger partial charge in [-0.15, -0.1) is 0 Å². The SMILES string of the molecule is Cc1nc(C(F)F)cn1-c1ccc(-c2cccc(S(C)(=O)=O)c2)cc1. The average Bonchev–Trinajstić information content (AvgIpc) is 2.96. The number of alkyl halides is 2. The molecule has 1 aromatic heterocycles. The van der Waals surface area contributed by atoms with Crippen molar-refractivity contribution >= 4 is 9.84 Å². The third kappa shape index (κ3) is 3.61. The van der Waals surface area contributed by atoms with Crippen molar-refractivity contribution in [3.8, 4) is 16.8 Å². The van der Waals surface area contributed by atoms with Crippen LogP contribution in [0.2, 0.25) is 0 Å². The lowest BCUT2D eigenvalue weighted by Gasteiger charge is -2.08. The van der Waals surface area contributed by atoms with Crippen LogP contribution < -0.4 is 0 Å². The van der Waals surface area contributed by atoms with Crippen LogP contribution in [0.15, 0.2) is 59.6 Å². The van der Waals surface area contributed by atoms with Gasteiger partial charge in [-0.1, -0.05) is 24.3 Å². The van der Waals surface area contributed by atoms with Crippen LogP contribution in [0, 0.1) is 6.92 Å². The molecule has 3 aromatic rings. The number of hydrogen-bond acceptors (Lipinski definition) is 3. The normalized spacial score (nSPS) is 11.9. The molecule has 0 aliphatic carbocycles. The second kappa shape index (κ2) is 6.40. The molecule has 4 nitrogen and oxygen atoms in total. The van der Waals surface area contributed by atoms with Crippen molar-refractivity contribution in [3.05, 3.63) is 66.2 Å². The molecule has 0 saturated carbocycles. The van der Waals surface area contributed by atoms with Gasteiger partial charge in [0.1, 0.15) is 11.5 Å². The van der Waals surface area contributed by atoms with E-state index < -0.39 is 16.3 Å². The number of nitrogens with zero attached hydrogens (tertiary/aromatic N) is 2. The summed E-state index contributed by atoms with van der Waals surface area (Å²) in [5.74, 6) is 0.474. The van der Waals surface area contributed by atoms with E-state index in [-0.39, 0.29) is 10.6 Å². The summed E-state index contributed by atoms with van der Waals surface area (Å²) in [5.41, 5.74) is 2.05. The monoisotopic (exact) mass is 362 g/mol. The molecule has 0 radical (unpaired) electrons. The fraction of sp³-hybridized carbons (Fsp3) is 0.167. The Labute approximate surface area is 144 Å². The molecule has 3 rings (SSSR count). The lowest BCUT2D eigenvalue weighted by Crippen LogP contribution is -1.97. The first-order valence-electron chi connectivity index (χ1n) is 7.50. The van der Waals surface area contributed by atoms with Crippen molar-refractivity contribution in [2.75, 3.05) is 6.26 Å². The van der Waals surface area contributed by atoms with E-state index in [2.05, 4.69) is 4.98 Å². The maximum absolute atomic E-state index is 12.8. The first kappa shape index (κ1) is 17.3. The second-order valence-corrected chi connectivity index (χ2v) is 7.75. The number of aryl methyl sites for hydroxylation is 1. The third-order valence-corrected chi connectivity index (χ3v) is 4.98. The number of halogens is 2. The minimum Gasteiger partial charge on any atom is -0.303 e. The maximum Gasteiger partial charge on any atom is 0.281 e. The smallest absolute Gasteiger partial charge is 0.281 e. The van der Waals surface area contributed by atoms with Crippen LogP contribution in [0.1, 0.15) is 17.9 Å². The van der Waals surface area contributed by atoms with Crippen LogP contribution in [0.3, 0.4) is 0 Å². The van der Waals surface area contributed by atoms with Crippen molar-refractivity contribution in [2.45, 2.75) is 18.2 Å². The lowest BCUT2D eigenvalue weighted by molar-refractivity contribution is 0.146. The number of aromatic nitrogens is 2. The molecule has 0 saturated heterocycles. The van der Waals surface area contributed by atoms with Crippen molar-refractivity contribution in [1.29, 1.82) is 0 Å². The Morgan fingerprint density at radius 2 is 1.72 bits per heavy atom. The van der Waals surface area contributed by atoms with Gasteiger partial charge in [-0.05, 0) is 42.3 Å². The molecule has 2 aromatic carbocycles. The largest absolute Gasteiger partial charge is 0.303 e. The van der Waals surface area contributed by atoms with Crippen molar-refractivity contribution in [3.63, 3.8) is 0 Å². The van der Waals surface area contributed by atoms with E-state index >= 15 is 0 Å². The van der Waals surface area contributed by atoms with Gasteiger partial charge in [0.05, 0.1) is 4.90 Å². The lowest BCUT2D eigenvalue weighted by atomic mass is 10.1. The minimum absolute atomic E-state index is 0.251. The number of imidazole rings is 1. The summed E-state index contributed by atoms with van der Waals surface area (Å²) in [4.78, 5) is 4.10. The Kier molecular flexibility index (Phi) is 4.43. The van der Waals surface area contributed by atoms with Gasteiger partial charge < -0.3 is 4.57 Å². The molecule has 0 bridgehead atoms. The zero-order chi connectivity index (χ0) is 18.2. The van der Waals surface area contributed by atoms with Crippen LogP contribution in [-0.2, 0) is 9.84 Å². The summed E-state index contributed by atoms with van der Waals surface area (Å²) < 4.78 is 50.5. The molecule has 130 valence electrons. The molecule has 7 heteroatoms. The standard InChI is InChI=1S/C18H16F2N2O2S/c1-12-21-17(18(19)20)11-22(12)15-8-6-13(7-9-15)14-4-3-5-16(10-14)25(2,23)24/h3-11,18H,1-2H3. The van der Waals surface area contributed by atoms with Gasteiger partial charge in [-0.3, -0.25) is 0 Å². The Bertz CT molecular complexity index is 1010. The van der Waals surface area contributed by atoms with Crippen molar-refractivity contribution in [2.24, 2.45) is 0 Å². The minimum atomic E-state index is -3.28. The predicted molar refractivity (Wildman–Crippen MR) is 91.8 cm³/mol. The quantitative estimate of drug-likeness (QED) is 0.699. The number of hydrogen-bond donors (Lipinski definition) is 0. The van der Waals surface area contributed by atoms with E-state index in [4.69, 9.17) is 0 Å². The molecular weight excluding hydrogens is 346 g/mol. The van der Waals surface area contributed by atoms with Crippen LogP contribution in [0.4, 0.5) is 8.78 Å². The van der Waals surface area contributed by atoms with Gasteiger partial charge in [0, 0.05) is 18.1 Å². The average molecular weight is 362 g/mol. The van der Waals surface area contributed by atoms with Crippen molar-refractivity contribution < 1.29 is 17.2 Å². The molecule has 0 unspecified atom stereocenters. The van der Waals surface area contributed by atoms with E-state index in [0.717, 1.165) is 17.4 Å². The molecule has 0 atom stereocenters. The van der Waals surface area contributed by atoms with Gasteiger partial charge in [-0.2, -0.15) is 0 Å². The molecule has 1 heterocycles. The fourth-order valence-electron chi connectivity index (χ4n) is 2.58. The number of sulfone groups is 1. The molecular formula is C18H16F2N2O2S. The third-order valence-electron chi connectivity index (χ3n) is 3.87. The number of rotatable bonds is 4. The molecule has 25 heavy (non-hydrogen) atoms. The van der Waals surface area contributed by atoms with E-state index in [1.165, 1.54) is 6.20 Å². The Balaban J connectivity index is 1.96. The van der Waals surface area contributed by atoms with E-state index in [1.54, 1.807) is 41.8 Å². The zero-order valence-electron chi connectivity index (χ0n) is 13.6. The van der Waals surface area contributed by atoms with E-state index in [9.17, 15) is 17.2 Å². The Hall–Kier alpha value is -2.54. The molecule has 0 aliphatic heterocycles. The van der Waals surface area contributed by atoms with Gasteiger partial charge in [0.25, 0.3) is 6.43 Å². The highest BCUT2D eigenvalue weighted by Gasteiger charge is 2.14. The van der Waals surface area contributed by atoms with Crippen LogP contribution in [-0.4, -0.2) is 24.2 Å². The summed E-state index contributed by atoms with van der Waals surface area (Å²) in [6, 6.07) is 13.9. The van der Waals surface area contributed by atoms with Gasteiger partial charge in [0.2, 0.25) is 0 Å². The topological polar surface area (TPSA) is 52.0 Å². The van der Waals surface area contributed by atoms with Crippen LogP contribution in [0.25, 0.3) is 16.8 Å². The zero-order valence-corrected chi connectivity index (χ0v) is 14.5. The summed E-state index contributed by atoms with van der Waals surface area (Å²) in [5, 5.41) is 0. The van der Waals surface area contributed by atoms with Gasteiger partial charge in [0.15, 0.2) is 9.84 Å².